The van der Waals surface area contributed by atoms with Gasteiger partial charge in [0.1, 0.15) is 0 Å². The lowest BCUT2D eigenvalue weighted by molar-refractivity contribution is -0.142. The normalized spacial score (nSPS) is 10.9. The SMILES string of the molecule is O=C(CSc1ccc2ccccc2c1)OCc1nnc(-c2ccc(Cl)cc2)o1. The van der Waals surface area contributed by atoms with Crippen LogP contribution in [0.4, 0.5) is 0 Å². The standard InChI is InChI=1S/C21H15ClN2O3S/c22-17-8-5-15(6-9-17)21-24-23-19(27-21)12-26-20(25)13-28-18-10-7-14-3-1-2-4-16(14)11-18/h1-11H,12-13H2. The molecule has 7 heteroatoms. The minimum Gasteiger partial charge on any atom is -0.455 e. The van der Waals surface area contributed by atoms with Gasteiger partial charge in [-0.2, -0.15) is 0 Å². The van der Waals surface area contributed by atoms with E-state index in [0.29, 0.717) is 10.9 Å². The van der Waals surface area contributed by atoms with Crippen LogP contribution in [0.1, 0.15) is 5.89 Å². The lowest BCUT2D eigenvalue weighted by Gasteiger charge is -2.04. The van der Waals surface area contributed by atoms with E-state index in [-0.39, 0.29) is 24.2 Å². The van der Waals surface area contributed by atoms with Crippen molar-refractivity contribution in [1.82, 2.24) is 10.2 Å². The van der Waals surface area contributed by atoms with Crippen molar-refractivity contribution in [2.75, 3.05) is 5.75 Å². The van der Waals surface area contributed by atoms with E-state index in [1.165, 1.54) is 17.1 Å². The van der Waals surface area contributed by atoms with Gasteiger partial charge >= 0.3 is 5.97 Å². The number of thioether (sulfide) groups is 1. The Morgan fingerprint density at radius 2 is 1.79 bits per heavy atom. The Labute approximate surface area is 170 Å². The molecule has 0 saturated heterocycles. The van der Waals surface area contributed by atoms with Crippen LogP contribution in [0.25, 0.3) is 22.2 Å². The third-order valence-electron chi connectivity index (χ3n) is 3.99. The summed E-state index contributed by atoms with van der Waals surface area (Å²) in [4.78, 5) is 13.0. The maximum Gasteiger partial charge on any atom is 0.316 e. The van der Waals surface area contributed by atoms with E-state index in [2.05, 4.69) is 22.3 Å². The monoisotopic (exact) mass is 410 g/mol. The molecule has 1 aromatic heterocycles. The van der Waals surface area contributed by atoms with Gasteiger partial charge in [-0.05, 0) is 47.2 Å². The first-order valence-corrected chi connectivity index (χ1v) is 9.89. The Hall–Kier alpha value is -2.83. The van der Waals surface area contributed by atoms with Gasteiger partial charge in [0.2, 0.25) is 5.89 Å². The van der Waals surface area contributed by atoms with Gasteiger partial charge in [-0.1, -0.05) is 41.9 Å². The fourth-order valence-corrected chi connectivity index (χ4v) is 3.47. The molecule has 140 valence electrons. The summed E-state index contributed by atoms with van der Waals surface area (Å²) in [5.41, 5.74) is 0.751. The molecule has 0 atom stereocenters. The molecule has 1 heterocycles. The molecule has 0 aliphatic rings. The highest BCUT2D eigenvalue weighted by Crippen LogP contribution is 2.24. The molecule has 0 amide bonds. The summed E-state index contributed by atoms with van der Waals surface area (Å²) in [6, 6.07) is 21.2. The molecule has 0 spiro atoms. The average molecular weight is 411 g/mol. The number of rotatable bonds is 6. The third kappa shape index (κ3) is 4.52. The summed E-state index contributed by atoms with van der Waals surface area (Å²) in [6.45, 7) is -0.0578. The second kappa shape index (κ2) is 8.46. The number of hydrogen-bond acceptors (Lipinski definition) is 6. The topological polar surface area (TPSA) is 65.2 Å². The second-order valence-electron chi connectivity index (χ2n) is 5.97. The van der Waals surface area contributed by atoms with Crippen LogP contribution in [0.15, 0.2) is 76.0 Å². The predicted molar refractivity (Wildman–Crippen MR) is 109 cm³/mol. The molecule has 0 N–H and O–H groups in total. The van der Waals surface area contributed by atoms with Gasteiger partial charge in [0, 0.05) is 15.5 Å². The first-order chi connectivity index (χ1) is 13.7. The Balaban J connectivity index is 1.30. The Morgan fingerprint density at radius 1 is 1.00 bits per heavy atom. The number of carbonyl (C=O) groups is 1. The zero-order valence-corrected chi connectivity index (χ0v) is 16.2. The van der Waals surface area contributed by atoms with Gasteiger partial charge in [0.05, 0.1) is 5.75 Å². The van der Waals surface area contributed by atoms with Gasteiger partial charge in [0.25, 0.3) is 5.89 Å². The summed E-state index contributed by atoms with van der Waals surface area (Å²) < 4.78 is 10.8. The van der Waals surface area contributed by atoms with Crippen LogP contribution < -0.4 is 0 Å². The van der Waals surface area contributed by atoms with Crippen LogP contribution in [0, 0.1) is 0 Å². The molecule has 0 aliphatic heterocycles. The first-order valence-electron chi connectivity index (χ1n) is 8.53. The summed E-state index contributed by atoms with van der Waals surface area (Å²) in [5.74, 6) is 0.461. The molecule has 5 nitrogen and oxygen atoms in total. The van der Waals surface area contributed by atoms with E-state index in [4.69, 9.17) is 20.8 Å². The van der Waals surface area contributed by atoms with Crippen molar-refractivity contribution in [2.45, 2.75) is 11.5 Å². The van der Waals surface area contributed by atoms with Crippen molar-refractivity contribution in [3.05, 3.63) is 77.6 Å². The molecular formula is C21H15ClN2O3S. The summed E-state index contributed by atoms with van der Waals surface area (Å²) >= 11 is 7.29. The highest BCUT2D eigenvalue weighted by atomic mass is 35.5. The lowest BCUT2D eigenvalue weighted by atomic mass is 10.1. The van der Waals surface area contributed by atoms with Crippen LogP contribution in [0.2, 0.25) is 5.02 Å². The summed E-state index contributed by atoms with van der Waals surface area (Å²) in [5, 5.41) is 10.8. The van der Waals surface area contributed by atoms with Gasteiger partial charge < -0.3 is 9.15 Å². The van der Waals surface area contributed by atoms with Crippen molar-refractivity contribution < 1.29 is 13.9 Å². The number of esters is 1. The summed E-state index contributed by atoms with van der Waals surface area (Å²) in [7, 11) is 0. The van der Waals surface area contributed by atoms with E-state index < -0.39 is 0 Å². The van der Waals surface area contributed by atoms with Crippen LogP contribution >= 0.6 is 23.4 Å². The third-order valence-corrected chi connectivity index (χ3v) is 5.21. The van der Waals surface area contributed by atoms with Crippen molar-refractivity contribution in [1.29, 1.82) is 0 Å². The average Bonchev–Trinajstić information content (AvgIpc) is 3.20. The van der Waals surface area contributed by atoms with Gasteiger partial charge in [0.15, 0.2) is 6.61 Å². The summed E-state index contributed by atoms with van der Waals surface area (Å²) in [6.07, 6.45) is 0. The number of benzene rings is 3. The zero-order valence-electron chi connectivity index (χ0n) is 14.7. The van der Waals surface area contributed by atoms with E-state index in [9.17, 15) is 4.79 Å². The van der Waals surface area contributed by atoms with Crippen LogP contribution in [-0.2, 0) is 16.1 Å². The Kier molecular flexibility index (Phi) is 5.60. The molecule has 4 aromatic rings. The molecule has 4 rings (SSSR count). The maximum atomic E-state index is 12.0. The maximum absolute atomic E-state index is 12.0. The van der Waals surface area contributed by atoms with Crippen LogP contribution in [-0.4, -0.2) is 21.9 Å². The molecule has 0 radical (unpaired) electrons. The smallest absolute Gasteiger partial charge is 0.316 e. The highest BCUT2D eigenvalue weighted by Gasteiger charge is 2.11. The molecule has 28 heavy (non-hydrogen) atoms. The number of nitrogens with zero attached hydrogens (tertiary/aromatic N) is 2. The van der Waals surface area contributed by atoms with Crippen molar-refractivity contribution in [3.63, 3.8) is 0 Å². The number of fused-ring (bicyclic) bond motifs is 1. The van der Waals surface area contributed by atoms with E-state index in [0.717, 1.165) is 15.8 Å². The van der Waals surface area contributed by atoms with E-state index >= 15 is 0 Å². The van der Waals surface area contributed by atoms with Crippen LogP contribution in [0.5, 0.6) is 0 Å². The zero-order chi connectivity index (χ0) is 19.3. The molecule has 0 saturated carbocycles. The number of hydrogen-bond donors (Lipinski definition) is 0. The molecule has 0 aliphatic carbocycles. The van der Waals surface area contributed by atoms with Crippen molar-refractivity contribution in [2.24, 2.45) is 0 Å². The molecular weight excluding hydrogens is 396 g/mol. The van der Waals surface area contributed by atoms with E-state index in [1.54, 1.807) is 24.3 Å². The number of aromatic nitrogens is 2. The largest absolute Gasteiger partial charge is 0.455 e. The Bertz CT molecular complexity index is 1110. The number of carbonyl (C=O) groups excluding carboxylic acids is 1. The minimum atomic E-state index is -0.343. The molecule has 0 bridgehead atoms. The van der Waals surface area contributed by atoms with Gasteiger partial charge in [-0.15, -0.1) is 22.0 Å². The van der Waals surface area contributed by atoms with Crippen molar-refractivity contribution >= 4 is 40.1 Å². The molecule has 0 unspecified atom stereocenters. The Morgan fingerprint density at radius 3 is 2.61 bits per heavy atom. The van der Waals surface area contributed by atoms with Gasteiger partial charge in [-0.3, -0.25) is 4.79 Å². The fourth-order valence-electron chi connectivity index (χ4n) is 2.60. The van der Waals surface area contributed by atoms with Gasteiger partial charge in [-0.25, -0.2) is 0 Å². The second-order valence-corrected chi connectivity index (χ2v) is 7.45. The lowest BCUT2D eigenvalue weighted by Crippen LogP contribution is -2.07. The fraction of sp³-hybridized carbons (Fsp3) is 0.0952. The number of halogens is 1. The van der Waals surface area contributed by atoms with Crippen molar-refractivity contribution in [3.8, 4) is 11.5 Å². The molecule has 0 fully saturated rings. The van der Waals surface area contributed by atoms with E-state index in [1.807, 2.05) is 30.3 Å². The first kappa shape index (κ1) is 18.5. The number of ether oxygens (including phenoxy) is 1. The van der Waals surface area contributed by atoms with Crippen LogP contribution in [0.3, 0.4) is 0 Å². The quantitative estimate of drug-likeness (QED) is 0.314. The predicted octanol–water partition coefficient (Wildman–Crippen LogP) is 5.38. The highest BCUT2D eigenvalue weighted by molar-refractivity contribution is 8.00. The minimum absolute atomic E-state index is 0.0578. The molecule has 3 aromatic carbocycles.